The molecule has 1 aliphatic heterocycles. The second-order valence-corrected chi connectivity index (χ2v) is 7.13. The third kappa shape index (κ3) is 7.30. The van der Waals surface area contributed by atoms with Gasteiger partial charge in [0.15, 0.2) is 5.96 Å². The number of benzene rings is 2. The molecular formula is C23H32IN5O2. The maximum absolute atomic E-state index is 12.1. The first-order chi connectivity index (χ1) is 14.7. The standard InChI is InChI=1S/C23H31N5O2.HI/c1-24-23(26-13-7-12-25-22(29)19-8-4-3-5-9-19)28-16-14-27(15-17-28)20-10-6-11-21(18-20)30-2;/h3-6,8-11,18H,7,12-17H2,1-2H3,(H,24,26)(H,25,29);1H. The third-order valence-electron chi connectivity index (χ3n) is 5.17. The predicted octanol–water partition coefficient (Wildman–Crippen LogP) is 2.83. The third-order valence-corrected chi connectivity index (χ3v) is 5.17. The van der Waals surface area contributed by atoms with E-state index in [-0.39, 0.29) is 29.9 Å². The summed E-state index contributed by atoms with van der Waals surface area (Å²) in [5.74, 6) is 1.76. The van der Waals surface area contributed by atoms with Crippen LogP contribution in [0.5, 0.6) is 5.75 Å². The summed E-state index contributed by atoms with van der Waals surface area (Å²) in [6.07, 6.45) is 0.835. The van der Waals surface area contributed by atoms with E-state index in [1.54, 1.807) is 7.11 Å². The minimum atomic E-state index is -0.0337. The number of carbonyl (C=O) groups is 1. The molecular weight excluding hydrogens is 505 g/mol. The summed E-state index contributed by atoms with van der Waals surface area (Å²) in [6.45, 7) is 5.06. The van der Waals surface area contributed by atoms with E-state index in [0.29, 0.717) is 12.1 Å². The Morgan fingerprint density at radius 1 is 1.00 bits per heavy atom. The highest BCUT2D eigenvalue weighted by atomic mass is 127. The second kappa shape index (κ2) is 13.0. The van der Waals surface area contributed by atoms with E-state index in [2.05, 4.69) is 37.6 Å². The van der Waals surface area contributed by atoms with Gasteiger partial charge in [-0.15, -0.1) is 24.0 Å². The van der Waals surface area contributed by atoms with E-state index in [0.717, 1.165) is 50.9 Å². The van der Waals surface area contributed by atoms with Crippen LogP contribution < -0.4 is 20.3 Å². The van der Waals surface area contributed by atoms with Crippen molar-refractivity contribution in [2.24, 2.45) is 4.99 Å². The maximum atomic E-state index is 12.1. The first-order valence-corrected chi connectivity index (χ1v) is 10.4. The van der Waals surface area contributed by atoms with Gasteiger partial charge < -0.3 is 25.2 Å². The van der Waals surface area contributed by atoms with E-state index in [4.69, 9.17) is 4.74 Å². The normalized spacial score (nSPS) is 13.9. The number of methoxy groups -OCH3 is 1. The molecule has 1 aliphatic rings. The van der Waals surface area contributed by atoms with Gasteiger partial charge >= 0.3 is 0 Å². The number of ether oxygens (including phenoxy) is 1. The predicted molar refractivity (Wildman–Crippen MR) is 137 cm³/mol. The average Bonchev–Trinajstić information content (AvgIpc) is 2.82. The van der Waals surface area contributed by atoms with E-state index >= 15 is 0 Å². The number of carbonyl (C=O) groups excluding carboxylic acids is 1. The largest absolute Gasteiger partial charge is 0.497 e. The van der Waals surface area contributed by atoms with Crippen LogP contribution in [0.3, 0.4) is 0 Å². The highest BCUT2D eigenvalue weighted by Crippen LogP contribution is 2.22. The Morgan fingerprint density at radius 3 is 2.39 bits per heavy atom. The lowest BCUT2D eigenvalue weighted by Crippen LogP contribution is -2.52. The molecule has 2 aromatic rings. The van der Waals surface area contributed by atoms with Gasteiger partial charge in [-0.1, -0.05) is 24.3 Å². The van der Waals surface area contributed by atoms with E-state index in [1.807, 2.05) is 49.5 Å². The molecule has 0 aromatic heterocycles. The van der Waals surface area contributed by atoms with Crippen LogP contribution in [0.15, 0.2) is 59.6 Å². The van der Waals surface area contributed by atoms with E-state index < -0.39 is 0 Å². The lowest BCUT2D eigenvalue weighted by atomic mass is 10.2. The lowest BCUT2D eigenvalue weighted by molar-refractivity contribution is 0.0953. The fourth-order valence-electron chi connectivity index (χ4n) is 3.50. The summed E-state index contributed by atoms with van der Waals surface area (Å²) in [7, 11) is 3.51. The van der Waals surface area contributed by atoms with Gasteiger partial charge in [0.05, 0.1) is 7.11 Å². The number of nitrogens with zero attached hydrogens (tertiary/aromatic N) is 3. The summed E-state index contributed by atoms with van der Waals surface area (Å²) in [5, 5.41) is 6.37. The number of aliphatic imine (C=N–C) groups is 1. The number of hydrogen-bond acceptors (Lipinski definition) is 4. The number of halogens is 1. The van der Waals surface area contributed by atoms with E-state index in [9.17, 15) is 4.79 Å². The number of rotatable bonds is 7. The number of hydrogen-bond donors (Lipinski definition) is 2. The first-order valence-electron chi connectivity index (χ1n) is 10.4. The van der Waals surface area contributed by atoms with Crippen molar-refractivity contribution < 1.29 is 9.53 Å². The van der Waals surface area contributed by atoms with Crippen LogP contribution in [-0.2, 0) is 0 Å². The Hall–Kier alpha value is -2.49. The van der Waals surface area contributed by atoms with Crippen molar-refractivity contribution >= 4 is 41.5 Å². The minimum absolute atomic E-state index is 0. The summed E-state index contributed by atoms with van der Waals surface area (Å²) >= 11 is 0. The molecule has 8 heteroatoms. The highest BCUT2D eigenvalue weighted by molar-refractivity contribution is 14.0. The van der Waals surface area contributed by atoms with Crippen molar-refractivity contribution in [3.63, 3.8) is 0 Å². The molecule has 2 N–H and O–H groups in total. The topological polar surface area (TPSA) is 69.2 Å². The molecule has 168 valence electrons. The molecule has 1 heterocycles. The second-order valence-electron chi connectivity index (χ2n) is 7.13. The smallest absolute Gasteiger partial charge is 0.251 e. The quantitative estimate of drug-likeness (QED) is 0.246. The Morgan fingerprint density at radius 2 is 1.71 bits per heavy atom. The van der Waals surface area contributed by atoms with Crippen LogP contribution >= 0.6 is 24.0 Å². The molecule has 0 radical (unpaired) electrons. The van der Waals surface area contributed by atoms with Gasteiger partial charge in [-0.2, -0.15) is 0 Å². The van der Waals surface area contributed by atoms with Crippen molar-refractivity contribution in [1.29, 1.82) is 0 Å². The SMILES string of the molecule is CN=C(NCCCNC(=O)c1ccccc1)N1CCN(c2cccc(OC)c2)CC1.I. The summed E-state index contributed by atoms with van der Waals surface area (Å²) < 4.78 is 5.33. The molecule has 7 nitrogen and oxygen atoms in total. The number of guanidine groups is 1. The zero-order valence-electron chi connectivity index (χ0n) is 18.2. The van der Waals surface area contributed by atoms with Crippen molar-refractivity contribution in [1.82, 2.24) is 15.5 Å². The van der Waals surface area contributed by atoms with Gasteiger partial charge in [-0.05, 0) is 30.7 Å². The maximum Gasteiger partial charge on any atom is 0.251 e. The summed E-state index contributed by atoms with van der Waals surface area (Å²) in [6, 6.07) is 17.5. The van der Waals surface area contributed by atoms with Gasteiger partial charge in [0.1, 0.15) is 5.75 Å². The Labute approximate surface area is 201 Å². The molecule has 1 saturated heterocycles. The number of anilines is 1. The van der Waals surface area contributed by atoms with Crippen LogP contribution in [0.1, 0.15) is 16.8 Å². The molecule has 0 saturated carbocycles. The average molecular weight is 537 g/mol. The van der Waals surface area contributed by atoms with Crippen LogP contribution in [0, 0.1) is 0 Å². The Bertz CT molecular complexity index is 839. The summed E-state index contributed by atoms with van der Waals surface area (Å²) in [4.78, 5) is 21.1. The highest BCUT2D eigenvalue weighted by Gasteiger charge is 2.20. The van der Waals surface area contributed by atoms with Crippen molar-refractivity contribution in [2.75, 3.05) is 58.3 Å². The zero-order valence-corrected chi connectivity index (χ0v) is 20.5. The van der Waals surface area contributed by atoms with Gasteiger partial charge in [-0.25, -0.2) is 0 Å². The number of amides is 1. The molecule has 0 unspecified atom stereocenters. The first kappa shape index (κ1) is 24.8. The molecule has 3 rings (SSSR count). The Balaban J connectivity index is 0.00000341. The van der Waals surface area contributed by atoms with Crippen LogP contribution in [0.4, 0.5) is 5.69 Å². The van der Waals surface area contributed by atoms with E-state index in [1.165, 1.54) is 5.69 Å². The molecule has 2 aromatic carbocycles. The molecule has 0 aliphatic carbocycles. The van der Waals surface area contributed by atoms with Gasteiger partial charge in [0.2, 0.25) is 0 Å². The van der Waals surface area contributed by atoms with Crippen LogP contribution in [0.2, 0.25) is 0 Å². The molecule has 0 atom stereocenters. The number of piperazine rings is 1. The van der Waals surface area contributed by atoms with Crippen molar-refractivity contribution in [2.45, 2.75) is 6.42 Å². The van der Waals surface area contributed by atoms with Crippen molar-refractivity contribution in [3.8, 4) is 5.75 Å². The zero-order chi connectivity index (χ0) is 21.2. The number of nitrogens with one attached hydrogen (secondary N) is 2. The molecule has 1 fully saturated rings. The molecule has 0 bridgehead atoms. The van der Waals surface area contributed by atoms with Gasteiger partial charge in [0.25, 0.3) is 5.91 Å². The van der Waals surface area contributed by atoms with Gasteiger partial charge in [0, 0.05) is 63.6 Å². The fraction of sp³-hybridized carbons (Fsp3) is 0.391. The Kier molecular flexibility index (Phi) is 10.4. The van der Waals surface area contributed by atoms with Gasteiger partial charge in [-0.3, -0.25) is 9.79 Å². The fourth-order valence-corrected chi connectivity index (χ4v) is 3.50. The monoisotopic (exact) mass is 537 g/mol. The van der Waals surface area contributed by atoms with Crippen LogP contribution in [0.25, 0.3) is 0 Å². The molecule has 1 amide bonds. The molecule has 31 heavy (non-hydrogen) atoms. The summed E-state index contributed by atoms with van der Waals surface area (Å²) in [5.41, 5.74) is 1.88. The minimum Gasteiger partial charge on any atom is -0.497 e. The van der Waals surface area contributed by atoms with Crippen LogP contribution in [-0.4, -0.2) is 70.2 Å². The van der Waals surface area contributed by atoms with Crippen molar-refractivity contribution in [3.05, 3.63) is 60.2 Å². The lowest BCUT2D eigenvalue weighted by Gasteiger charge is -2.37. The molecule has 0 spiro atoms.